The fraction of sp³-hybridized carbons (Fsp3) is 0.467. The lowest BCUT2D eigenvalue weighted by Gasteiger charge is -2.30. The van der Waals surface area contributed by atoms with Gasteiger partial charge in [0, 0.05) is 24.7 Å². The monoisotopic (exact) mass is 274 g/mol. The van der Waals surface area contributed by atoms with Gasteiger partial charge in [-0.1, -0.05) is 18.2 Å². The van der Waals surface area contributed by atoms with Crippen molar-refractivity contribution in [1.29, 1.82) is 0 Å². The van der Waals surface area contributed by atoms with E-state index in [1.54, 1.807) is 4.90 Å². The highest BCUT2D eigenvalue weighted by Crippen LogP contribution is 2.36. The summed E-state index contributed by atoms with van der Waals surface area (Å²) in [5.41, 5.74) is 1.60. The standard InChI is InChI=1S/C15H18N2O3/c18-8-7-17(10-5-6-10)15(20)12-9-14(19)16-13-4-2-1-3-11(12)13/h1-4,10,12,18H,5-9H2,(H,16,19). The second kappa shape index (κ2) is 5.25. The van der Waals surface area contributed by atoms with Crippen LogP contribution < -0.4 is 5.32 Å². The Morgan fingerprint density at radius 3 is 2.80 bits per heavy atom. The van der Waals surface area contributed by atoms with Crippen LogP contribution in [0, 0.1) is 0 Å². The molecule has 1 unspecified atom stereocenters. The van der Waals surface area contributed by atoms with Gasteiger partial charge in [-0.2, -0.15) is 0 Å². The van der Waals surface area contributed by atoms with E-state index in [2.05, 4.69) is 5.32 Å². The Bertz CT molecular complexity index is 540. The van der Waals surface area contributed by atoms with Gasteiger partial charge in [0.15, 0.2) is 0 Å². The van der Waals surface area contributed by atoms with Crippen molar-refractivity contribution < 1.29 is 14.7 Å². The Hall–Kier alpha value is -1.88. The maximum Gasteiger partial charge on any atom is 0.231 e. The zero-order chi connectivity index (χ0) is 14.1. The number of nitrogens with zero attached hydrogens (tertiary/aromatic N) is 1. The number of aliphatic hydroxyl groups is 1. The Kier molecular flexibility index (Phi) is 3.44. The van der Waals surface area contributed by atoms with Crippen LogP contribution in [0.1, 0.15) is 30.7 Å². The number of amides is 2. The van der Waals surface area contributed by atoms with Crippen molar-refractivity contribution in [3.05, 3.63) is 29.8 Å². The number of fused-ring (bicyclic) bond motifs is 1. The van der Waals surface area contributed by atoms with E-state index < -0.39 is 5.92 Å². The molecule has 106 valence electrons. The molecular formula is C15H18N2O3. The van der Waals surface area contributed by atoms with E-state index in [4.69, 9.17) is 5.11 Å². The third kappa shape index (κ3) is 2.41. The molecule has 1 atom stereocenters. The molecule has 1 aliphatic heterocycles. The van der Waals surface area contributed by atoms with Gasteiger partial charge in [0.2, 0.25) is 11.8 Å². The van der Waals surface area contributed by atoms with E-state index in [0.717, 1.165) is 24.1 Å². The van der Waals surface area contributed by atoms with Crippen molar-refractivity contribution in [1.82, 2.24) is 4.90 Å². The molecule has 1 aromatic carbocycles. The first-order valence-electron chi connectivity index (χ1n) is 7.01. The summed E-state index contributed by atoms with van der Waals surface area (Å²) in [6, 6.07) is 7.68. The van der Waals surface area contributed by atoms with Gasteiger partial charge in [-0.3, -0.25) is 9.59 Å². The molecule has 0 spiro atoms. The zero-order valence-corrected chi connectivity index (χ0v) is 11.2. The fourth-order valence-electron chi connectivity index (χ4n) is 2.80. The zero-order valence-electron chi connectivity index (χ0n) is 11.2. The number of para-hydroxylation sites is 1. The van der Waals surface area contributed by atoms with Crippen molar-refractivity contribution >= 4 is 17.5 Å². The first kappa shape index (κ1) is 13.1. The predicted octanol–water partition coefficient (Wildman–Crippen LogP) is 1.10. The van der Waals surface area contributed by atoms with E-state index in [1.807, 2.05) is 24.3 Å². The smallest absolute Gasteiger partial charge is 0.231 e. The second-order valence-corrected chi connectivity index (χ2v) is 5.38. The third-order valence-electron chi connectivity index (χ3n) is 3.91. The summed E-state index contributed by atoms with van der Waals surface area (Å²) in [5, 5.41) is 11.9. The molecule has 0 saturated heterocycles. The molecule has 1 aliphatic carbocycles. The minimum Gasteiger partial charge on any atom is -0.395 e. The van der Waals surface area contributed by atoms with E-state index in [0.29, 0.717) is 6.54 Å². The van der Waals surface area contributed by atoms with Gasteiger partial charge in [-0.15, -0.1) is 0 Å². The summed E-state index contributed by atoms with van der Waals surface area (Å²) in [6.07, 6.45) is 2.17. The maximum absolute atomic E-state index is 12.7. The Balaban J connectivity index is 1.88. The van der Waals surface area contributed by atoms with Gasteiger partial charge in [-0.25, -0.2) is 0 Å². The molecule has 2 aliphatic rings. The molecule has 20 heavy (non-hydrogen) atoms. The molecule has 2 N–H and O–H groups in total. The van der Waals surface area contributed by atoms with Crippen molar-refractivity contribution in [3.63, 3.8) is 0 Å². The summed E-state index contributed by atoms with van der Waals surface area (Å²) in [4.78, 5) is 26.2. The van der Waals surface area contributed by atoms with Gasteiger partial charge in [-0.05, 0) is 24.5 Å². The molecule has 1 fully saturated rings. The average Bonchev–Trinajstić information content (AvgIpc) is 3.27. The van der Waals surface area contributed by atoms with E-state index in [9.17, 15) is 9.59 Å². The molecule has 3 rings (SSSR count). The van der Waals surface area contributed by atoms with E-state index in [-0.39, 0.29) is 30.9 Å². The molecular weight excluding hydrogens is 256 g/mol. The van der Waals surface area contributed by atoms with Crippen LogP contribution in [0.4, 0.5) is 5.69 Å². The largest absolute Gasteiger partial charge is 0.395 e. The minimum atomic E-state index is -0.424. The van der Waals surface area contributed by atoms with Crippen molar-refractivity contribution in [2.75, 3.05) is 18.5 Å². The summed E-state index contributed by atoms with van der Waals surface area (Å²) in [5.74, 6) is -0.585. The highest BCUT2D eigenvalue weighted by Gasteiger charge is 2.38. The van der Waals surface area contributed by atoms with Gasteiger partial charge < -0.3 is 15.3 Å². The topological polar surface area (TPSA) is 69.6 Å². The number of benzene rings is 1. The minimum absolute atomic E-state index is 0.0381. The normalized spacial score (nSPS) is 21.1. The predicted molar refractivity (Wildman–Crippen MR) is 74.3 cm³/mol. The molecule has 5 nitrogen and oxygen atoms in total. The van der Waals surface area contributed by atoms with Crippen LogP contribution in [0.2, 0.25) is 0 Å². The molecule has 0 bridgehead atoms. The molecule has 0 aromatic heterocycles. The first-order valence-corrected chi connectivity index (χ1v) is 7.01. The lowest BCUT2D eigenvalue weighted by molar-refractivity contribution is -0.136. The Morgan fingerprint density at radius 1 is 1.35 bits per heavy atom. The van der Waals surface area contributed by atoms with Crippen LogP contribution in [0.25, 0.3) is 0 Å². The molecule has 5 heteroatoms. The van der Waals surface area contributed by atoms with Crippen LogP contribution in [-0.2, 0) is 9.59 Å². The number of carbonyl (C=O) groups is 2. The quantitative estimate of drug-likeness (QED) is 0.863. The molecule has 0 radical (unpaired) electrons. The van der Waals surface area contributed by atoms with Gasteiger partial charge in [0.25, 0.3) is 0 Å². The van der Waals surface area contributed by atoms with Crippen molar-refractivity contribution in [2.24, 2.45) is 0 Å². The third-order valence-corrected chi connectivity index (χ3v) is 3.91. The number of hydrogen-bond donors (Lipinski definition) is 2. The van der Waals surface area contributed by atoms with Crippen molar-refractivity contribution in [3.8, 4) is 0 Å². The van der Waals surface area contributed by atoms with E-state index >= 15 is 0 Å². The van der Waals surface area contributed by atoms with Crippen molar-refractivity contribution in [2.45, 2.75) is 31.2 Å². The highest BCUT2D eigenvalue weighted by atomic mass is 16.3. The number of aliphatic hydroxyl groups excluding tert-OH is 1. The number of carbonyl (C=O) groups excluding carboxylic acids is 2. The second-order valence-electron chi connectivity index (χ2n) is 5.38. The number of nitrogens with one attached hydrogen (secondary N) is 1. The van der Waals surface area contributed by atoms with Crippen LogP contribution in [0.15, 0.2) is 24.3 Å². The number of hydrogen-bond acceptors (Lipinski definition) is 3. The summed E-state index contributed by atoms with van der Waals surface area (Å²) < 4.78 is 0. The summed E-state index contributed by atoms with van der Waals surface area (Å²) in [6.45, 7) is 0.312. The lowest BCUT2D eigenvalue weighted by Crippen LogP contribution is -2.41. The number of rotatable bonds is 4. The Morgan fingerprint density at radius 2 is 2.10 bits per heavy atom. The van der Waals surface area contributed by atoms with Crippen LogP contribution in [-0.4, -0.2) is 41.0 Å². The van der Waals surface area contributed by atoms with Crippen LogP contribution >= 0.6 is 0 Å². The molecule has 2 amide bonds. The van der Waals surface area contributed by atoms with Gasteiger partial charge in [0.05, 0.1) is 12.5 Å². The highest BCUT2D eigenvalue weighted by molar-refractivity contribution is 6.01. The molecule has 1 aromatic rings. The average molecular weight is 274 g/mol. The molecule has 1 heterocycles. The van der Waals surface area contributed by atoms with Gasteiger partial charge in [0.1, 0.15) is 0 Å². The van der Waals surface area contributed by atoms with E-state index in [1.165, 1.54) is 0 Å². The summed E-state index contributed by atoms with van der Waals surface area (Å²) in [7, 11) is 0. The maximum atomic E-state index is 12.7. The van der Waals surface area contributed by atoms with Gasteiger partial charge >= 0.3 is 0 Å². The molecule has 1 saturated carbocycles. The first-order chi connectivity index (χ1) is 9.70. The number of anilines is 1. The van der Waals surface area contributed by atoms with Crippen LogP contribution in [0.3, 0.4) is 0 Å². The summed E-state index contributed by atoms with van der Waals surface area (Å²) >= 11 is 0. The SMILES string of the molecule is O=C1CC(C(=O)N(CCO)C2CC2)c2ccccc2N1. The lowest BCUT2D eigenvalue weighted by atomic mass is 9.89. The fourth-order valence-corrected chi connectivity index (χ4v) is 2.80. The van der Waals surface area contributed by atoms with Crippen LogP contribution in [0.5, 0.6) is 0 Å². The Labute approximate surface area is 117 Å².